The molecule has 5 aromatic rings. The van der Waals surface area contributed by atoms with E-state index in [-0.39, 0.29) is 0 Å². The van der Waals surface area contributed by atoms with Gasteiger partial charge in [0.15, 0.2) is 0 Å². The summed E-state index contributed by atoms with van der Waals surface area (Å²) >= 11 is 1.49. The van der Waals surface area contributed by atoms with Crippen LogP contribution in [0.3, 0.4) is 0 Å². The molecule has 2 amide bonds. The second-order valence-corrected chi connectivity index (χ2v) is 8.46. The Morgan fingerprint density at radius 3 is 2.39 bits per heavy atom. The lowest BCUT2D eigenvalue weighted by Crippen LogP contribution is -2.41. The summed E-state index contributed by atoms with van der Waals surface area (Å²) in [5.41, 5.74) is 10.3. The molecule has 0 saturated heterocycles. The Bertz CT molecular complexity index is 1470. The third-order valence-electron chi connectivity index (χ3n) is 5.28. The minimum Gasteiger partial charge on any atom is -0.487 e. The zero-order valence-corrected chi connectivity index (χ0v) is 19.8. The predicted molar refractivity (Wildman–Crippen MR) is 137 cm³/mol. The largest absolute Gasteiger partial charge is 0.487 e. The standard InChI is InChI=1S/C27H21N5O3S/c33-26(20-10-7-13-23(14-20)35-16-21-17-36-18-28-21)29-30-27(34)24-15-32(22-11-5-2-6-12-22)31-25(24)19-8-3-1-4-9-19/h1-15,17-18H,16H2,(H,29,33)(H,30,34). The van der Waals surface area contributed by atoms with E-state index in [4.69, 9.17) is 4.74 Å². The Balaban J connectivity index is 1.31. The number of hydrazine groups is 1. The van der Waals surface area contributed by atoms with E-state index >= 15 is 0 Å². The van der Waals surface area contributed by atoms with Crippen molar-refractivity contribution in [1.82, 2.24) is 25.6 Å². The molecular weight excluding hydrogens is 474 g/mol. The van der Waals surface area contributed by atoms with Gasteiger partial charge in [-0.25, -0.2) is 9.67 Å². The lowest BCUT2D eigenvalue weighted by Gasteiger charge is -2.09. The zero-order valence-electron chi connectivity index (χ0n) is 19.0. The van der Waals surface area contributed by atoms with Crippen molar-refractivity contribution in [3.63, 3.8) is 0 Å². The first kappa shape index (κ1) is 23.0. The lowest BCUT2D eigenvalue weighted by molar-refractivity contribution is 0.0847. The fourth-order valence-corrected chi connectivity index (χ4v) is 4.05. The van der Waals surface area contributed by atoms with Crippen molar-refractivity contribution in [2.45, 2.75) is 6.61 Å². The number of carbonyl (C=O) groups excluding carboxylic acids is 2. The molecule has 0 fully saturated rings. The normalized spacial score (nSPS) is 10.6. The molecule has 0 spiro atoms. The Hall–Kier alpha value is -4.76. The number of nitrogens with one attached hydrogen (secondary N) is 2. The summed E-state index contributed by atoms with van der Waals surface area (Å²) in [7, 11) is 0. The molecule has 178 valence electrons. The fraction of sp³-hybridized carbons (Fsp3) is 0.0370. The van der Waals surface area contributed by atoms with Gasteiger partial charge in [-0.2, -0.15) is 5.10 Å². The third kappa shape index (κ3) is 5.31. The van der Waals surface area contributed by atoms with Gasteiger partial charge in [-0.05, 0) is 30.3 Å². The Morgan fingerprint density at radius 1 is 0.889 bits per heavy atom. The van der Waals surface area contributed by atoms with Crippen molar-refractivity contribution < 1.29 is 14.3 Å². The quantitative estimate of drug-likeness (QED) is 0.320. The first-order valence-electron chi connectivity index (χ1n) is 11.1. The summed E-state index contributed by atoms with van der Waals surface area (Å²) in [5, 5.41) is 6.53. The van der Waals surface area contributed by atoms with Crippen LogP contribution in [0.2, 0.25) is 0 Å². The third-order valence-corrected chi connectivity index (χ3v) is 5.92. The van der Waals surface area contributed by atoms with Gasteiger partial charge in [0.1, 0.15) is 18.1 Å². The number of hydrogen-bond acceptors (Lipinski definition) is 6. The van der Waals surface area contributed by atoms with E-state index in [2.05, 4.69) is 20.9 Å². The Kier molecular flexibility index (Phi) is 6.81. The molecule has 2 heterocycles. The second-order valence-electron chi connectivity index (χ2n) is 7.74. The highest BCUT2D eigenvalue weighted by atomic mass is 32.1. The van der Waals surface area contributed by atoms with Gasteiger partial charge in [0.05, 0.1) is 22.5 Å². The second kappa shape index (κ2) is 10.7. The van der Waals surface area contributed by atoms with Gasteiger partial charge in [0.25, 0.3) is 11.8 Å². The molecule has 8 nitrogen and oxygen atoms in total. The van der Waals surface area contributed by atoms with Crippen molar-refractivity contribution >= 4 is 23.2 Å². The molecule has 2 N–H and O–H groups in total. The number of ether oxygens (including phenoxy) is 1. The van der Waals surface area contributed by atoms with Crippen LogP contribution in [0.25, 0.3) is 16.9 Å². The highest BCUT2D eigenvalue weighted by Gasteiger charge is 2.19. The van der Waals surface area contributed by atoms with E-state index in [1.165, 1.54) is 11.3 Å². The van der Waals surface area contributed by atoms with E-state index in [1.54, 1.807) is 40.7 Å². The summed E-state index contributed by atoms with van der Waals surface area (Å²) in [6, 6.07) is 25.6. The summed E-state index contributed by atoms with van der Waals surface area (Å²) in [4.78, 5) is 30.0. The molecule has 36 heavy (non-hydrogen) atoms. The van der Waals surface area contributed by atoms with Gasteiger partial charge in [-0.15, -0.1) is 11.3 Å². The molecule has 0 aliphatic carbocycles. The number of thiazole rings is 1. The van der Waals surface area contributed by atoms with Crippen LogP contribution >= 0.6 is 11.3 Å². The molecule has 3 aromatic carbocycles. The topological polar surface area (TPSA) is 98.1 Å². The Morgan fingerprint density at radius 2 is 1.64 bits per heavy atom. The maximum absolute atomic E-state index is 13.1. The number of rotatable bonds is 7. The van der Waals surface area contributed by atoms with E-state index in [0.717, 1.165) is 16.9 Å². The highest BCUT2D eigenvalue weighted by molar-refractivity contribution is 7.07. The van der Waals surface area contributed by atoms with Crippen LogP contribution in [0.1, 0.15) is 26.4 Å². The smallest absolute Gasteiger partial charge is 0.273 e. The van der Waals surface area contributed by atoms with Crippen molar-refractivity contribution in [2.24, 2.45) is 0 Å². The van der Waals surface area contributed by atoms with Crippen molar-refractivity contribution in [3.8, 4) is 22.7 Å². The number of aromatic nitrogens is 3. The van der Waals surface area contributed by atoms with Gasteiger partial charge in [-0.3, -0.25) is 20.4 Å². The number of benzene rings is 3. The number of amides is 2. The average molecular weight is 496 g/mol. The van der Waals surface area contributed by atoms with E-state index in [0.29, 0.717) is 29.2 Å². The minimum absolute atomic E-state index is 0.305. The SMILES string of the molecule is O=C(NNC(=O)c1cn(-c2ccccc2)nc1-c1ccccc1)c1cccc(OCc2cscn2)c1. The number of para-hydroxylation sites is 1. The van der Waals surface area contributed by atoms with Crippen molar-refractivity contribution in [1.29, 1.82) is 0 Å². The van der Waals surface area contributed by atoms with Gasteiger partial charge in [0.2, 0.25) is 0 Å². The van der Waals surface area contributed by atoms with Crippen LogP contribution in [0.15, 0.2) is 102 Å². The molecule has 0 atom stereocenters. The molecule has 0 radical (unpaired) electrons. The molecule has 0 bridgehead atoms. The molecule has 0 saturated carbocycles. The minimum atomic E-state index is -0.486. The summed E-state index contributed by atoms with van der Waals surface area (Å²) in [6.07, 6.45) is 1.64. The monoisotopic (exact) mass is 495 g/mol. The summed E-state index contributed by atoms with van der Waals surface area (Å²) in [6.45, 7) is 0.305. The first-order valence-corrected chi connectivity index (χ1v) is 12.0. The molecule has 0 unspecified atom stereocenters. The molecule has 9 heteroatoms. The van der Waals surface area contributed by atoms with Crippen LogP contribution in [0.4, 0.5) is 0 Å². The van der Waals surface area contributed by atoms with Crippen LogP contribution < -0.4 is 15.6 Å². The molecule has 2 aromatic heterocycles. The van der Waals surface area contributed by atoms with Crippen LogP contribution in [-0.4, -0.2) is 26.6 Å². The van der Waals surface area contributed by atoms with Crippen molar-refractivity contribution in [2.75, 3.05) is 0 Å². The molecule has 0 aliphatic rings. The molecule has 0 aliphatic heterocycles. The van der Waals surface area contributed by atoms with Gasteiger partial charge in [0, 0.05) is 22.7 Å². The summed E-state index contributed by atoms with van der Waals surface area (Å²) < 4.78 is 7.35. The zero-order chi connectivity index (χ0) is 24.7. The Labute approximate surface area is 211 Å². The van der Waals surface area contributed by atoms with Crippen LogP contribution in [-0.2, 0) is 6.61 Å². The van der Waals surface area contributed by atoms with Crippen LogP contribution in [0.5, 0.6) is 5.75 Å². The lowest BCUT2D eigenvalue weighted by atomic mass is 10.1. The average Bonchev–Trinajstić information content (AvgIpc) is 3.62. The maximum atomic E-state index is 13.1. The maximum Gasteiger partial charge on any atom is 0.273 e. The number of nitrogens with zero attached hydrogens (tertiary/aromatic N) is 3. The van der Waals surface area contributed by atoms with E-state index in [9.17, 15) is 9.59 Å². The molecular formula is C27H21N5O3S. The predicted octanol–water partition coefficient (Wildman–Crippen LogP) is 4.65. The van der Waals surface area contributed by atoms with E-state index < -0.39 is 11.8 Å². The highest BCUT2D eigenvalue weighted by Crippen LogP contribution is 2.23. The van der Waals surface area contributed by atoms with Crippen LogP contribution in [0, 0.1) is 0 Å². The number of hydrogen-bond donors (Lipinski definition) is 2. The number of carbonyl (C=O) groups is 2. The fourth-order valence-electron chi connectivity index (χ4n) is 3.51. The van der Waals surface area contributed by atoms with Gasteiger partial charge < -0.3 is 4.74 Å². The first-order chi connectivity index (χ1) is 17.7. The van der Waals surface area contributed by atoms with E-state index in [1.807, 2.05) is 66.0 Å². The van der Waals surface area contributed by atoms with Gasteiger partial charge in [-0.1, -0.05) is 54.6 Å². The molecule has 5 rings (SSSR count). The van der Waals surface area contributed by atoms with Crippen molar-refractivity contribution in [3.05, 3.63) is 119 Å². The summed E-state index contributed by atoms with van der Waals surface area (Å²) in [5.74, 6) is -0.433. The van der Waals surface area contributed by atoms with Gasteiger partial charge >= 0.3 is 0 Å².